The molecule has 1 atom stereocenters. The van der Waals surface area contributed by atoms with Crippen molar-refractivity contribution >= 4 is 39.5 Å². The molecule has 5 rings (SSSR count). The summed E-state index contributed by atoms with van der Waals surface area (Å²) in [6.07, 6.45) is 3.70. The molecule has 36 heavy (non-hydrogen) atoms. The van der Waals surface area contributed by atoms with Gasteiger partial charge in [0.2, 0.25) is 5.95 Å². The summed E-state index contributed by atoms with van der Waals surface area (Å²) in [4.78, 5) is 29.7. The molecule has 4 aromatic rings. The summed E-state index contributed by atoms with van der Waals surface area (Å²) in [5.74, 6) is 7.00. The van der Waals surface area contributed by atoms with Crippen molar-refractivity contribution in [2.45, 2.75) is 38.9 Å². The van der Waals surface area contributed by atoms with Gasteiger partial charge in [-0.15, -0.1) is 5.92 Å². The van der Waals surface area contributed by atoms with Crippen LogP contribution in [0, 0.1) is 11.8 Å². The summed E-state index contributed by atoms with van der Waals surface area (Å²) in [6.45, 7) is 3.94. The molecule has 0 spiro atoms. The Bertz CT molecular complexity index is 1480. The van der Waals surface area contributed by atoms with E-state index in [0.29, 0.717) is 36.2 Å². The molecule has 1 aromatic carbocycles. The van der Waals surface area contributed by atoms with Crippen molar-refractivity contribution in [1.82, 2.24) is 24.8 Å². The molecule has 0 saturated carbocycles. The van der Waals surface area contributed by atoms with Crippen LogP contribution in [0.5, 0.6) is 0 Å². The van der Waals surface area contributed by atoms with Gasteiger partial charge in [-0.05, 0) is 37.3 Å². The Balaban J connectivity index is 1.49. The smallest absolute Gasteiger partial charge is 0.272 e. The normalized spacial score (nSPS) is 15.5. The number of nitrogens with one attached hydrogen (secondary N) is 2. The van der Waals surface area contributed by atoms with Crippen LogP contribution in [0.4, 0.5) is 11.8 Å². The fourth-order valence-corrected chi connectivity index (χ4v) is 4.82. The minimum Gasteiger partial charge on any atom is -0.371 e. The number of hydrogen-bond donors (Lipinski definition) is 3. The molecule has 1 amide bonds. The highest BCUT2D eigenvalue weighted by atomic mass is 16.2. The lowest BCUT2D eigenvalue weighted by atomic mass is 10.1. The van der Waals surface area contributed by atoms with Crippen molar-refractivity contribution in [2.24, 2.45) is 5.73 Å². The fourth-order valence-electron chi connectivity index (χ4n) is 4.82. The average Bonchev–Trinajstić information content (AvgIpc) is 3.29. The third kappa shape index (κ3) is 4.43. The van der Waals surface area contributed by atoms with E-state index in [1.54, 1.807) is 20.2 Å². The van der Waals surface area contributed by atoms with Gasteiger partial charge in [-0.25, -0.2) is 9.97 Å². The largest absolute Gasteiger partial charge is 0.371 e. The van der Waals surface area contributed by atoms with Crippen LogP contribution >= 0.6 is 0 Å². The number of nitrogens with zero attached hydrogens (tertiary/aromatic N) is 5. The van der Waals surface area contributed by atoms with Crippen LogP contribution < -0.4 is 21.3 Å². The average molecular weight is 483 g/mol. The molecule has 0 bridgehead atoms. The second-order valence-electron chi connectivity index (χ2n) is 8.88. The van der Waals surface area contributed by atoms with Gasteiger partial charge < -0.3 is 21.3 Å². The predicted octanol–water partition coefficient (Wildman–Crippen LogP) is 2.90. The first-order chi connectivity index (χ1) is 17.6. The van der Waals surface area contributed by atoms with Crippen molar-refractivity contribution in [3.8, 4) is 11.8 Å². The molecule has 9 heteroatoms. The third-order valence-electron chi connectivity index (χ3n) is 6.53. The quantitative estimate of drug-likeness (QED) is 0.286. The van der Waals surface area contributed by atoms with Gasteiger partial charge in [-0.1, -0.05) is 30.2 Å². The maximum Gasteiger partial charge on any atom is 0.272 e. The Morgan fingerprint density at radius 2 is 1.97 bits per heavy atom. The molecule has 184 valence electrons. The molecule has 1 aliphatic heterocycles. The number of carbonyl (C=O) groups excluding carboxylic acids is 1. The zero-order chi connectivity index (χ0) is 25.1. The third-order valence-corrected chi connectivity index (χ3v) is 6.53. The van der Waals surface area contributed by atoms with E-state index in [1.165, 1.54) is 0 Å². The predicted molar refractivity (Wildman–Crippen MR) is 143 cm³/mol. The van der Waals surface area contributed by atoms with E-state index in [9.17, 15) is 4.79 Å². The fraction of sp³-hybridized carbons (Fsp3) is 0.333. The summed E-state index contributed by atoms with van der Waals surface area (Å²) >= 11 is 0. The summed E-state index contributed by atoms with van der Waals surface area (Å²) in [7, 11) is 1.77. The van der Waals surface area contributed by atoms with E-state index in [4.69, 9.17) is 15.7 Å². The molecular formula is C27H30N8O. The lowest BCUT2D eigenvalue weighted by Crippen LogP contribution is -2.44. The molecule has 9 nitrogen and oxygen atoms in total. The number of amides is 1. The Labute approximate surface area is 210 Å². The van der Waals surface area contributed by atoms with E-state index in [2.05, 4.69) is 38.4 Å². The summed E-state index contributed by atoms with van der Waals surface area (Å²) < 4.78 is 1.88. The molecule has 0 aliphatic carbocycles. The van der Waals surface area contributed by atoms with Crippen molar-refractivity contribution in [1.29, 1.82) is 0 Å². The number of imidazole rings is 1. The first-order valence-corrected chi connectivity index (χ1v) is 12.2. The van der Waals surface area contributed by atoms with Gasteiger partial charge in [0.25, 0.3) is 5.91 Å². The highest BCUT2D eigenvalue weighted by Crippen LogP contribution is 2.27. The number of aromatic nitrogens is 4. The van der Waals surface area contributed by atoms with Crippen LogP contribution in [-0.2, 0) is 13.1 Å². The van der Waals surface area contributed by atoms with Crippen molar-refractivity contribution in [3.05, 3.63) is 54.0 Å². The van der Waals surface area contributed by atoms with E-state index in [1.807, 2.05) is 34.9 Å². The second-order valence-corrected chi connectivity index (χ2v) is 8.88. The first kappa shape index (κ1) is 23.6. The highest BCUT2D eigenvalue weighted by Gasteiger charge is 2.28. The minimum absolute atomic E-state index is 0.0809. The van der Waals surface area contributed by atoms with E-state index in [-0.39, 0.29) is 18.5 Å². The molecule has 1 saturated heterocycles. The molecule has 0 radical (unpaired) electrons. The van der Waals surface area contributed by atoms with E-state index >= 15 is 0 Å². The monoisotopic (exact) mass is 482 g/mol. The van der Waals surface area contributed by atoms with Crippen molar-refractivity contribution < 1.29 is 4.79 Å². The number of hydrogen-bond acceptors (Lipinski definition) is 7. The van der Waals surface area contributed by atoms with Crippen LogP contribution in [0.1, 0.15) is 35.9 Å². The zero-order valence-corrected chi connectivity index (χ0v) is 20.6. The molecule has 1 unspecified atom stereocenters. The summed E-state index contributed by atoms with van der Waals surface area (Å²) in [6, 6.07) is 12.1. The number of rotatable bonds is 6. The van der Waals surface area contributed by atoms with Crippen LogP contribution in [-0.4, -0.2) is 51.6 Å². The van der Waals surface area contributed by atoms with Gasteiger partial charge in [0.15, 0.2) is 17.2 Å². The first-order valence-electron chi connectivity index (χ1n) is 12.2. The SMILES string of the molecule is CC#CCn1c(N2CCCC(N)C2)nc(NC)c1C(=O)NCc1nc2ncccc2c2ccccc12. The lowest BCUT2D eigenvalue weighted by molar-refractivity contribution is 0.0943. The highest BCUT2D eigenvalue weighted by molar-refractivity contribution is 6.05. The second kappa shape index (κ2) is 10.2. The van der Waals surface area contributed by atoms with Crippen LogP contribution in [0.3, 0.4) is 0 Å². The molecule has 1 aliphatic rings. The van der Waals surface area contributed by atoms with Gasteiger partial charge in [-0.3, -0.25) is 9.36 Å². The number of anilines is 2. The maximum absolute atomic E-state index is 13.6. The van der Waals surface area contributed by atoms with Gasteiger partial charge in [0.1, 0.15) is 0 Å². The van der Waals surface area contributed by atoms with Gasteiger partial charge in [-0.2, -0.15) is 4.98 Å². The number of benzene rings is 1. The standard InChI is InChI=1S/C27H30N8O/c1-3-4-15-35-23(25(29-2)33-27(35)34-14-8-9-18(28)17-34)26(36)31-16-22-20-11-6-5-10-19(20)21-12-7-13-30-24(21)32-22/h5-7,10-13,18,29H,8-9,14-17,28H2,1-2H3,(H,31,36). The molecular weight excluding hydrogens is 452 g/mol. The Hall–Kier alpha value is -4.16. The Morgan fingerprint density at radius 3 is 2.75 bits per heavy atom. The summed E-state index contributed by atoms with van der Waals surface area (Å²) in [5.41, 5.74) is 8.09. The van der Waals surface area contributed by atoms with Crippen LogP contribution in [0.15, 0.2) is 42.6 Å². The topological polar surface area (TPSA) is 114 Å². The Kier molecular flexibility index (Phi) is 6.69. The number of nitrogens with two attached hydrogens (primary N) is 1. The van der Waals surface area contributed by atoms with E-state index in [0.717, 1.165) is 41.2 Å². The molecule has 4 N–H and O–H groups in total. The number of fused-ring (bicyclic) bond motifs is 3. The van der Waals surface area contributed by atoms with Gasteiger partial charge in [0, 0.05) is 43.1 Å². The van der Waals surface area contributed by atoms with E-state index < -0.39 is 0 Å². The molecule has 1 fully saturated rings. The number of carbonyl (C=O) groups is 1. The Morgan fingerprint density at radius 1 is 1.17 bits per heavy atom. The van der Waals surface area contributed by atoms with Crippen LogP contribution in [0.2, 0.25) is 0 Å². The molecule has 3 aromatic heterocycles. The molecule has 4 heterocycles. The number of piperidine rings is 1. The minimum atomic E-state index is -0.246. The zero-order valence-electron chi connectivity index (χ0n) is 20.6. The van der Waals surface area contributed by atoms with Gasteiger partial charge in [0.05, 0.1) is 18.8 Å². The lowest BCUT2D eigenvalue weighted by Gasteiger charge is -2.31. The maximum atomic E-state index is 13.6. The summed E-state index contributed by atoms with van der Waals surface area (Å²) in [5, 5.41) is 9.19. The van der Waals surface area contributed by atoms with Crippen molar-refractivity contribution in [3.63, 3.8) is 0 Å². The van der Waals surface area contributed by atoms with Crippen LogP contribution in [0.25, 0.3) is 21.8 Å². The number of pyridine rings is 2. The van der Waals surface area contributed by atoms with Gasteiger partial charge >= 0.3 is 0 Å². The van der Waals surface area contributed by atoms with Crippen molar-refractivity contribution in [2.75, 3.05) is 30.4 Å².